The highest BCUT2D eigenvalue weighted by atomic mass is 35.5. The SMILES string of the molecule is COc1ccc(N(CC(=O)N(Cc2ccc(Cl)c(Cl)c2)[C@H](Cc2ccccc2)C(=O)NC2CCCCC2)S(=O)(=O)c2ccccc2)cc1OC. The number of rotatable bonds is 14. The first kappa shape index (κ1) is 37.0. The molecule has 0 bridgehead atoms. The van der Waals surface area contributed by atoms with Crippen molar-refractivity contribution in [1.82, 2.24) is 10.2 Å². The van der Waals surface area contributed by atoms with Crippen molar-refractivity contribution in [1.29, 1.82) is 0 Å². The summed E-state index contributed by atoms with van der Waals surface area (Å²) in [5, 5.41) is 3.85. The van der Waals surface area contributed by atoms with E-state index in [-0.39, 0.29) is 41.2 Å². The van der Waals surface area contributed by atoms with E-state index in [9.17, 15) is 18.0 Å². The smallest absolute Gasteiger partial charge is 0.264 e. The Morgan fingerprint density at radius 3 is 2.10 bits per heavy atom. The van der Waals surface area contributed by atoms with Gasteiger partial charge in [0.05, 0.1) is 34.8 Å². The third-order valence-corrected chi connectivity index (χ3v) is 11.4. The van der Waals surface area contributed by atoms with E-state index in [1.165, 1.54) is 37.3 Å². The Morgan fingerprint density at radius 2 is 1.46 bits per heavy atom. The molecule has 0 unspecified atom stereocenters. The molecule has 0 aliphatic heterocycles. The zero-order chi connectivity index (χ0) is 35.7. The molecule has 1 aliphatic rings. The van der Waals surface area contributed by atoms with E-state index in [1.54, 1.807) is 48.5 Å². The van der Waals surface area contributed by atoms with Crippen LogP contribution in [0.1, 0.15) is 43.2 Å². The zero-order valence-corrected chi connectivity index (χ0v) is 30.4. The minimum Gasteiger partial charge on any atom is -0.493 e. The molecule has 50 heavy (non-hydrogen) atoms. The summed E-state index contributed by atoms with van der Waals surface area (Å²) in [5.41, 5.74) is 1.65. The van der Waals surface area contributed by atoms with Crippen LogP contribution in [-0.2, 0) is 32.6 Å². The monoisotopic (exact) mass is 737 g/mol. The van der Waals surface area contributed by atoms with Gasteiger partial charge in [-0.15, -0.1) is 0 Å². The molecule has 1 aliphatic carbocycles. The van der Waals surface area contributed by atoms with Gasteiger partial charge in [-0.25, -0.2) is 8.42 Å². The van der Waals surface area contributed by atoms with Gasteiger partial charge in [0.2, 0.25) is 11.8 Å². The first-order chi connectivity index (χ1) is 24.1. The maximum atomic E-state index is 14.8. The van der Waals surface area contributed by atoms with Gasteiger partial charge in [0, 0.05) is 25.1 Å². The summed E-state index contributed by atoms with van der Waals surface area (Å²) in [5.74, 6) is -0.224. The number of benzene rings is 4. The van der Waals surface area contributed by atoms with Crippen molar-refractivity contribution >= 4 is 50.7 Å². The predicted octanol–water partition coefficient (Wildman–Crippen LogP) is 7.29. The molecule has 4 aromatic carbocycles. The molecule has 1 fully saturated rings. The van der Waals surface area contributed by atoms with E-state index in [4.69, 9.17) is 32.7 Å². The number of amides is 2. The van der Waals surface area contributed by atoms with Crippen molar-refractivity contribution in [3.63, 3.8) is 0 Å². The Balaban J connectivity index is 1.60. The number of hydrogen-bond donors (Lipinski definition) is 1. The normalized spacial score (nSPS) is 14.0. The summed E-state index contributed by atoms with van der Waals surface area (Å²) in [6.45, 7) is -0.646. The number of halogens is 2. The van der Waals surface area contributed by atoms with Crippen molar-refractivity contribution in [3.8, 4) is 11.5 Å². The third kappa shape index (κ3) is 9.10. The van der Waals surface area contributed by atoms with Gasteiger partial charge in [-0.3, -0.25) is 13.9 Å². The van der Waals surface area contributed by atoms with Gasteiger partial charge in [0.15, 0.2) is 11.5 Å². The van der Waals surface area contributed by atoms with Crippen LogP contribution < -0.4 is 19.1 Å². The lowest BCUT2D eigenvalue weighted by Gasteiger charge is -2.35. The topological polar surface area (TPSA) is 105 Å². The molecular formula is C38H41Cl2N3O6S. The number of sulfonamides is 1. The van der Waals surface area contributed by atoms with Crippen LogP contribution in [0.15, 0.2) is 102 Å². The van der Waals surface area contributed by atoms with E-state index < -0.39 is 28.5 Å². The van der Waals surface area contributed by atoms with Gasteiger partial charge in [-0.1, -0.05) is 97.1 Å². The fourth-order valence-electron chi connectivity index (χ4n) is 6.16. The lowest BCUT2D eigenvalue weighted by atomic mass is 9.94. The molecule has 12 heteroatoms. The summed E-state index contributed by atoms with van der Waals surface area (Å²) in [7, 11) is -1.37. The van der Waals surface area contributed by atoms with Gasteiger partial charge in [-0.2, -0.15) is 0 Å². The van der Waals surface area contributed by atoms with E-state index in [0.29, 0.717) is 21.4 Å². The molecule has 264 valence electrons. The van der Waals surface area contributed by atoms with Crippen LogP contribution in [0.2, 0.25) is 10.0 Å². The van der Waals surface area contributed by atoms with Crippen LogP contribution in [0.3, 0.4) is 0 Å². The van der Waals surface area contributed by atoms with E-state index in [2.05, 4.69) is 5.32 Å². The van der Waals surface area contributed by atoms with Gasteiger partial charge in [0.1, 0.15) is 12.6 Å². The Bertz CT molecular complexity index is 1870. The minimum absolute atomic E-state index is 0.00510. The fourth-order valence-corrected chi connectivity index (χ4v) is 7.91. The third-order valence-electron chi connectivity index (χ3n) is 8.82. The molecule has 0 aromatic heterocycles. The van der Waals surface area contributed by atoms with Crippen LogP contribution in [-0.4, -0.2) is 58.0 Å². The minimum atomic E-state index is -4.29. The molecule has 2 amide bonds. The number of carbonyl (C=O) groups is 2. The van der Waals surface area contributed by atoms with Crippen molar-refractivity contribution in [3.05, 3.63) is 118 Å². The lowest BCUT2D eigenvalue weighted by Crippen LogP contribution is -2.55. The number of hydrogen-bond acceptors (Lipinski definition) is 6. The standard InChI is InChI=1S/C38H41Cl2N3O6S/c1-48-35-21-19-30(24-36(35)49-2)43(50(46,47)31-16-10-5-11-17-31)26-37(44)42(25-28-18-20-32(39)33(40)22-28)34(23-27-12-6-3-7-13-27)38(45)41-29-14-8-4-9-15-29/h3,5-7,10-13,16-22,24,29,34H,4,8-9,14-15,23,25-26H2,1-2H3,(H,41,45)/t34-/m1/s1. The van der Waals surface area contributed by atoms with Crippen LogP contribution in [0, 0.1) is 0 Å². The summed E-state index contributed by atoms with van der Waals surface area (Å²) in [6, 6.07) is 26.0. The molecule has 5 rings (SSSR count). The molecule has 9 nitrogen and oxygen atoms in total. The maximum Gasteiger partial charge on any atom is 0.264 e. The second-order valence-electron chi connectivity index (χ2n) is 12.2. The van der Waals surface area contributed by atoms with E-state index >= 15 is 0 Å². The molecule has 0 heterocycles. The van der Waals surface area contributed by atoms with Crippen molar-refractivity contribution in [2.45, 2.75) is 62.0 Å². The van der Waals surface area contributed by atoms with Gasteiger partial charge < -0.3 is 19.7 Å². The van der Waals surface area contributed by atoms with Crippen LogP contribution in [0.25, 0.3) is 0 Å². The molecule has 1 atom stereocenters. The van der Waals surface area contributed by atoms with Crippen LogP contribution in [0.5, 0.6) is 11.5 Å². The molecule has 0 radical (unpaired) electrons. The number of carbonyl (C=O) groups excluding carboxylic acids is 2. The van der Waals surface area contributed by atoms with Gasteiger partial charge >= 0.3 is 0 Å². The summed E-state index contributed by atoms with van der Waals surface area (Å²) >= 11 is 12.6. The first-order valence-corrected chi connectivity index (χ1v) is 18.7. The highest BCUT2D eigenvalue weighted by Gasteiger charge is 2.36. The largest absolute Gasteiger partial charge is 0.493 e. The van der Waals surface area contributed by atoms with Crippen molar-refractivity contribution in [2.75, 3.05) is 25.1 Å². The van der Waals surface area contributed by atoms with Crippen LogP contribution in [0.4, 0.5) is 5.69 Å². The van der Waals surface area contributed by atoms with E-state index in [1.807, 2.05) is 30.3 Å². The van der Waals surface area contributed by atoms with Crippen molar-refractivity contribution < 1.29 is 27.5 Å². The Kier molecular flexibility index (Phi) is 12.7. The summed E-state index contributed by atoms with van der Waals surface area (Å²) in [6.07, 6.45) is 5.05. The first-order valence-electron chi connectivity index (χ1n) is 16.5. The molecule has 0 spiro atoms. The average molecular weight is 739 g/mol. The fraction of sp³-hybridized carbons (Fsp3) is 0.316. The second-order valence-corrected chi connectivity index (χ2v) is 14.9. The van der Waals surface area contributed by atoms with Gasteiger partial charge in [0.25, 0.3) is 10.0 Å². The number of anilines is 1. The quantitative estimate of drug-likeness (QED) is 0.146. The Hall–Kier alpha value is -4.25. The Labute approximate surface area is 304 Å². The summed E-state index contributed by atoms with van der Waals surface area (Å²) < 4.78 is 40.5. The molecule has 4 aromatic rings. The van der Waals surface area contributed by atoms with Gasteiger partial charge in [-0.05, 0) is 60.4 Å². The highest BCUT2D eigenvalue weighted by Crippen LogP contribution is 2.34. The molecule has 0 saturated heterocycles. The van der Waals surface area contributed by atoms with E-state index in [0.717, 1.165) is 42.0 Å². The number of nitrogens with one attached hydrogen (secondary N) is 1. The molecule has 1 saturated carbocycles. The lowest BCUT2D eigenvalue weighted by molar-refractivity contribution is -0.140. The predicted molar refractivity (Wildman–Crippen MR) is 196 cm³/mol. The maximum absolute atomic E-state index is 14.8. The number of nitrogens with zero attached hydrogens (tertiary/aromatic N) is 2. The zero-order valence-electron chi connectivity index (χ0n) is 28.1. The average Bonchev–Trinajstić information content (AvgIpc) is 3.14. The van der Waals surface area contributed by atoms with Crippen LogP contribution >= 0.6 is 23.2 Å². The molecule has 1 N–H and O–H groups in total. The number of methoxy groups -OCH3 is 2. The number of ether oxygens (including phenoxy) is 2. The van der Waals surface area contributed by atoms with Crippen molar-refractivity contribution in [2.24, 2.45) is 0 Å². The Morgan fingerprint density at radius 1 is 0.800 bits per heavy atom. The summed E-state index contributed by atoms with van der Waals surface area (Å²) in [4.78, 5) is 30.5. The second kappa shape index (κ2) is 17.1. The highest BCUT2D eigenvalue weighted by molar-refractivity contribution is 7.92. The molecular weight excluding hydrogens is 697 g/mol.